The van der Waals surface area contributed by atoms with Crippen LogP contribution in [0.5, 0.6) is 0 Å². The van der Waals surface area contributed by atoms with Gasteiger partial charge in [-0.3, -0.25) is 14.9 Å². The Balaban J connectivity index is 1.10. The number of piperidine rings is 1. The number of carbonyl (C=O) groups is 1. The van der Waals surface area contributed by atoms with E-state index < -0.39 is 5.60 Å². The number of ether oxygens (including phenoxy) is 3. The van der Waals surface area contributed by atoms with Crippen molar-refractivity contribution in [2.75, 3.05) is 62.7 Å². The molecular weight excluding hydrogens is 553 g/mol. The Morgan fingerprint density at radius 3 is 2.37 bits per heavy atom. The second-order valence-corrected chi connectivity index (χ2v) is 13.9. The predicted octanol–water partition coefficient (Wildman–Crippen LogP) is 3.71. The monoisotopic (exact) mass is 601 g/mol. The first kappa shape index (κ1) is 30.4. The number of benzene rings is 1. The van der Waals surface area contributed by atoms with E-state index in [9.17, 15) is 4.79 Å². The molecule has 1 aromatic heterocycles. The largest absolute Gasteiger partial charge is 0.444 e. The third kappa shape index (κ3) is 5.91. The number of halogens is 1. The van der Waals surface area contributed by atoms with Crippen LogP contribution in [0.15, 0.2) is 12.1 Å². The highest BCUT2D eigenvalue weighted by molar-refractivity contribution is 5.93. The summed E-state index contributed by atoms with van der Waals surface area (Å²) >= 11 is 0. The van der Waals surface area contributed by atoms with Crippen molar-refractivity contribution in [2.45, 2.75) is 83.7 Å². The average Bonchev–Trinajstić information content (AvgIpc) is 3.67. The van der Waals surface area contributed by atoms with E-state index in [-0.39, 0.29) is 36.1 Å². The number of hydrogen-bond donors (Lipinski definition) is 1. The molecule has 5 heterocycles. The molecule has 1 aromatic carbocycles. The maximum atomic E-state index is 16.2. The number of nitrogens with zero attached hydrogens (tertiary/aromatic N) is 6. The SMILES string of the molecule is COC1CCN(c2nn(C)c3c(F)c(N4CCN(C(C)(C)C5CCN(C(=O)OC(C)(C)C)CC5)CC4)ccc23)C2OC2N1. The predicted molar refractivity (Wildman–Crippen MR) is 164 cm³/mol. The molecule has 0 spiro atoms. The maximum absolute atomic E-state index is 16.2. The fourth-order valence-corrected chi connectivity index (χ4v) is 7.16. The van der Waals surface area contributed by atoms with Gasteiger partial charge in [-0.25, -0.2) is 9.18 Å². The fourth-order valence-electron chi connectivity index (χ4n) is 7.16. The zero-order valence-electron chi connectivity index (χ0n) is 26.7. The summed E-state index contributed by atoms with van der Waals surface area (Å²) in [6, 6.07) is 3.92. The molecule has 2 aromatic rings. The minimum absolute atomic E-state index is 0.0157. The van der Waals surface area contributed by atoms with Crippen molar-refractivity contribution in [3.63, 3.8) is 0 Å². The zero-order valence-corrected chi connectivity index (χ0v) is 26.7. The van der Waals surface area contributed by atoms with Gasteiger partial charge >= 0.3 is 6.09 Å². The van der Waals surface area contributed by atoms with Gasteiger partial charge in [0.15, 0.2) is 24.1 Å². The highest BCUT2D eigenvalue weighted by Crippen LogP contribution is 2.39. The molecule has 11 nitrogen and oxygen atoms in total. The van der Waals surface area contributed by atoms with E-state index >= 15 is 4.39 Å². The number of nitrogens with one attached hydrogen (secondary N) is 1. The summed E-state index contributed by atoms with van der Waals surface area (Å²) in [6.07, 6.45) is 2.17. The van der Waals surface area contributed by atoms with Crippen LogP contribution in [0.25, 0.3) is 10.9 Å². The maximum Gasteiger partial charge on any atom is 0.410 e. The van der Waals surface area contributed by atoms with Gasteiger partial charge in [0.05, 0.1) is 5.69 Å². The van der Waals surface area contributed by atoms with Gasteiger partial charge < -0.3 is 28.9 Å². The van der Waals surface area contributed by atoms with Crippen molar-refractivity contribution in [3.05, 3.63) is 17.9 Å². The minimum Gasteiger partial charge on any atom is -0.444 e. The number of fused-ring (bicyclic) bond motifs is 2. The van der Waals surface area contributed by atoms with E-state index in [1.54, 1.807) is 11.8 Å². The summed E-state index contributed by atoms with van der Waals surface area (Å²) < 4.78 is 34.8. The molecule has 0 saturated carbocycles. The lowest BCUT2D eigenvalue weighted by atomic mass is 9.78. The molecule has 4 aliphatic heterocycles. The number of anilines is 2. The fraction of sp³-hybridized carbons (Fsp3) is 0.742. The van der Waals surface area contributed by atoms with Crippen LogP contribution in [0.4, 0.5) is 20.7 Å². The van der Waals surface area contributed by atoms with Crippen LogP contribution in [0.3, 0.4) is 0 Å². The standard InChI is InChI=1S/C31H48FN7O4/c1-30(2,3)43-29(40)37-13-10-20(11-14-37)31(4,5)38-18-16-36(17-19-38)22-9-8-21-25(24(22)32)35(6)34-26(21)39-15-12-23(41-7)33-27-28(39)42-27/h8-9,20,23,27-28,33H,10-19H2,1-7H3. The molecule has 0 aliphatic carbocycles. The summed E-state index contributed by atoms with van der Waals surface area (Å²) in [5.74, 6) is 0.998. The van der Waals surface area contributed by atoms with Gasteiger partial charge in [0, 0.05) is 77.3 Å². The van der Waals surface area contributed by atoms with Crippen LogP contribution in [0, 0.1) is 11.7 Å². The van der Waals surface area contributed by atoms with Crippen molar-refractivity contribution in [2.24, 2.45) is 13.0 Å². The third-order valence-electron chi connectivity index (χ3n) is 9.80. The Hall–Kier alpha value is -2.67. The van der Waals surface area contributed by atoms with E-state index in [0.717, 1.165) is 69.7 Å². The smallest absolute Gasteiger partial charge is 0.410 e. The first-order valence-electron chi connectivity index (χ1n) is 15.7. The summed E-state index contributed by atoms with van der Waals surface area (Å²) in [4.78, 5) is 21.2. The number of methoxy groups -OCH3 is 1. The molecule has 4 fully saturated rings. The van der Waals surface area contributed by atoms with Crippen molar-refractivity contribution in [1.82, 2.24) is 24.9 Å². The van der Waals surface area contributed by atoms with Crippen molar-refractivity contribution >= 4 is 28.5 Å². The Morgan fingerprint density at radius 2 is 1.72 bits per heavy atom. The van der Waals surface area contributed by atoms with Crippen LogP contribution < -0.4 is 15.1 Å². The van der Waals surface area contributed by atoms with E-state index in [4.69, 9.17) is 19.3 Å². The lowest BCUT2D eigenvalue weighted by molar-refractivity contribution is -0.00188. The van der Waals surface area contributed by atoms with Crippen molar-refractivity contribution in [3.8, 4) is 0 Å². The number of carbonyl (C=O) groups excluding carboxylic acids is 1. The first-order chi connectivity index (χ1) is 20.4. The molecule has 0 bridgehead atoms. The second kappa shape index (κ2) is 11.4. The molecule has 0 radical (unpaired) electrons. The molecular formula is C31H48FN7O4. The zero-order chi connectivity index (χ0) is 30.7. The minimum atomic E-state index is -0.482. The van der Waals surface area contributed by atoms with Gasteiger partial charge in [-0.05, 0) is 65.5 Å². The molecule has 6 rings (SSSR count). The summed E-state index contributed by atoms with van der Waals surface area (Å²) in [6.45, 7) is 15.7. The summed E-state index contributed by atoms with van der Waals surface area (Å²) in [5.41, 5.74) is 0.648. The van der Waals surface area contributed by atoms with Gasteiger partial charge in [0.1, 0.15) is 17.3 Å². The first-order valence-corrected chi connectivity index (χ1v) is 15.7. The quantitative estimate of drug-likeness (QED) is 0.515. The van der Waals surface area contributed by atoms with E-state index in [2.05, 4.69) is 33.9 Å². The van der Waals surface area contributed by atoms with E-state index in [0.29, 0.717) is 23.7 Å². The number of hydrogen-bond acceptors (Lipinski definition) is 9. The van der Waals surface area contributed by atoms with Crippen LogP contribution in [0.1, 0.15) is 53.9 Å². The molecule has 4 aliphatic rings. The van der Waals surface area contributed by atoms with Crippen LogP contribution >= 0.6 is 0 Å². The van der Waals surface area contributed by atoms with Gasteiger partial charge in [-0.15, -0.1) is 0 Å². The Labute approximate surface area is 254 Å². The Bertz CT molecular complexity index is 1330. The number of amides is 1. The van der Waals surface area contributed by atoms with Crippen molar-refractivity contribution in [1.29, 1.82) is 0 Å². The van der Waals surface area contributed by atoms with E-state index in [1.807, 2.05) is 44.9 Å². The topological polar surface area (TPSA) is 90.9 Å². The number of aromatic nitrogens is 2. The highest BCUT2D eigenvalue weighted by atomic mass is 19.1. The molecule has 3 atom stereocenters. The second-order valence-electron chi connectivity index (χ2n) is 13.9. The van der Waals surface area contributed by atoms with Gasteiger partial charge in [0.25, 0.3) is 0 Å². The highest BCUT2D eigenvalue weighted by Gasteiger charge is 2.48. The van der Waals surface area contributed by atoms with Gasteiger partial charge in [0.2, 0.25) is 0 Å². The Kier molecular flexibility index (Phi) is 8.02. The molecule has 1 amide bonds. The average molecular weight is 602 g/mol. The number of likely N-dealkylation sites (tertiary alicyclic amines) is 1. The molecule has 43 heavy (non-hydrogen) atoms. The lowest BCUT2D eigenvalue weighted by Gasteiger charge is -2.50. The number of piperazine rings is 1. The molecule has 12 heteroatoms. The van der Waals surface area contributed by atoms with Gasteiger partial charge in [-0.2, -0.15) is 5.10 Å². The normalized spacial score (nSPS) is 26.0. The van der Waals surface area contributed by atoms with Crippen molar-refractivity contribution < 1.29 is 23.4 Å². The van der Waals surface area contributed by atoms with Crippen LogP contribution in [-0.2, 0) is 21.3 Å². The number of rotatable bonds is 5. The molecule has 3 unspecified atom stereocenters. The third-order valence-corrected chi connectivity index (χ3v) is 9.80. The molecule has 238 valence electrons. The van der Waals surface area contributed by atoms with Gasteiger partial charge in [-0.1, -0.05) is 0 Å². The summed E-state index contributed by atoms with van der Waals surface area (Å²) in [5, 5.41) is 8.90. The van der Waals surface area contributed by atoms with Crippen LogP contribution in [-0.4, -0.2) is 108 Å². The van der Waals surface area contributed by atoms with E-state index in [1.165, 1.54) is 0 Å². The molecule has 1 N–H and O–H groups in total. The Morgan fingerprint density at radius 1 is 1.02 bits per heavy atom. The lowest BCUT2D eigenvalue weighted by Crippen LogP contribution is -2.59. The number of aryl methyl sites for hydroxylation is 1. The number of epoxide rings is 1. The summed E-state index contributed by atoms with van der Waals surface area (Å²) in [7, 11) is 3.50. The molecule has 4 saturated heterocycles. The van der Waals surface area contributed by atoms with Crippen LogP contribution in [0.2, 0.25) is 0 Å².